The van der Waals surface area contributed by atoms with Gasteiger partial charge in [-0.1, -0.05) is 11.8 Å². The fraction of sp³-hybridized carbons (Fsp3) is 0.267. The number of halogens is 5. The number of alkyl halides is 4. The van der Waals surface area contributed by atoms with Crippen LogP contribution in [0.1, 0.15) is 0 Å². The van der Waals surface area contributed by atoms with Crippen molar-refractivity contribution in [2.75, 3.05) is 11.5 Å². The number of anilines is 1. The second-order valence-electron chi connectivity index (χ2n) is 4.87. The Labute approximate surface area is 153 Å². The number of hydrogen-bond acceptors (Lipinski definition) is 5. The monoisotopic (exact) mass is 438 g/mol. The molecule has 1 aromatic carbocycles. The summed E-state index contributed by atoms with van der Waals surface area (Å²) in [5.74, 6) is 0.574. The topological polar surface area (TPSA) is 34.1 Å². The molecule has 4 nitrogen and oxygen atoms in total. The van der Waals surface area contributed by atoms with E-state index in [1.165, 1.54) is 23.9 Å². The number of hydrogen-bond donors (Lipinski definition) is 0. The Morgan fingerprint density at radius 2 is 1.92 bits per heavy atom. The third-order valence-electron chi connectivity index (χ3n) is 3.13. The molecule has 1 aromatic rings. The van der Waals surface area contributed by atoms with Gasteiger partial charge in [0.25, 0.3) is 6.43 Å². The zero-order valence-electron chi connectivity index (χ0n) is 12.4. The van der Waals surface area contributed by atoms with Crippen LogP contribution in [0.25, 0.3) is 0 Å². The Kier molecular flexibility index (Phi) is 5.70. The van der Waals surface area contributed by atoms with Gasteiger partial charge in [-0.15, -0.1) is 0 Å². The van der Waals surface area contributed by atoms with Crippen LogP contribution >= 0.6 is 27.7 Å². The number of amidine groups is 1. The summed E-state index contributed by atoms with van der Waals surface area (Å²) in [6.45, 7) is -3.59. The lowest BCUT2D eigenvalue weighted by molar-refractivity contribution is -0.0498. The minimum Gasteiger partial charge on any atom is -0.435 e. The first kappa shape index (κ1) is 18.3. The van der Waals surface area contributed by atoms with E-state index >= 15 is 0 Å². The Hall–Kier alpha value is -1.52. The summed E-state index contributed by atoms with van der Waals surface area (Å²) in [6, 6.07) is 6.01. The molecule has 3 rings (SSSR count). The van der Waals surface area contributed by atoms with E-state index in [1.54, 1.807) is 29.3 Å². The molecular weight excluding hydrogens is 428 g/mol. The fourth-order valence-electron chi connectivity index (χ4n) is 2.19. The van der Waals surface area contributed by atoms with E-state index in [0.29, 0.717) is 11.5 Å². The van der Waals surface area contributed by atoms with Gasteiger partial charge in [-0.25, -0.2) is 13.8 Å². The fourth-order valence-corrected chi connectivity index (χ4v) is 3.74. The van der Waals surface area contributed by atoms with Crippen LogP contribution in [0.4, 0.5) is 23.2 Å². The molecule has 1 unspecified atom stereocenters. The standard InChI is InChI=1S/C15H11BrF4N2O2S/c16-8-5-11-13(21-15(25-11)23-7-12(17)18)22(6-8)9-1-3-10(4-2-9)24-14(19)20/h1-6,12,14-15H,7H2. The van der Waals surface area contributed by atoms with Gasteiger partial charge in [-0.3, -0.25) is 4.90 Å². The molecule has 0 aromatic heterocycles. The number of aliphatic imine (C=N–C) groups is 1. The highest BCUT2D eigenvalue weighted by molar-refractivity contribution is 9.11. The lowest BCUT2D eigenvalue weighted by Gasteiger charge is -2.24. The molecule has 2 heterocycles. The van der Waals surface area contributed by atoms with Gasteiger partial charge in [0.2, 0.25) is 5.56 Å². The Morgan fingerprint density at radius 3 is 2.56 bits per heavy atom. The molecule has 2 aliphatic heterocycles. The summed E-state index contributed by atoms with van der Waals surface area (Å²) in [5.41, 5.74) is -0.107. The van der Waals surface area contributed by atoms with Gasteiger partial charge in [0.05, 0.1) is 4.91 Å². The quantitative estimate of drug-likeness (QED) is 0.589. The van der Waals surface area contributed by atoms with E-state index in [9.17, 15) is 17.6 Å². The molecule has 10 heteroatoms. The first-order valence-corrected chi connectivity index (χ1v) is 8.67. The molecule has 1 atom stereocenters. The van der Waals surface area contributed by atoms with Crippen LogP contribution < -0.4 is 9.64 Å². The van der Waals surface area contributed by atoms with Crippen molar-refractivity contribution in [1.29, 1.82) is 0 Å². The van der Waals surface area contributed by atoms with Crippen molar-refractivity contribution in [1.82, 2.24) is 0 Å². The van der Waals surface area contributed by atoms with Crippen molar-refractivity contribution in [2.24, 2.45) is 4.99 Å². The maximum Gasteiger partial charge on any atom is 0.387 e. The first-order chi connectivity index (χ1) is 11.9. The molecule has 0 N–H and O–H groups in total. The Balaban J connectivity index is 1.80. The molecule has 0 aliphatic carbocycles. The van der Waals surface area contributed by atoms with Gasteiger partial charge in [-0.2, -0.15) is 8.78 Å². The van der Waals surface area contributed by atoms with Crippen LogP contribution in [0, 0.1) is 0 Å². The third kappa shape index (κ3) is 4.56. The zero-order valence-corrected chi connectivity index (χ0v) is 14.8. The molecular formula is C15H11BrF4N2O2S. The SMILES string of the molecule is FC(F)COC1N=C2C(=CC(Br)=CN2c2ccc(OC(F)F)cc2)S1. The van der Waals surface area contributed by atoms with Crippen LogP contribution in [0.3, 0.4) is 0 Å². The third-order valence-corrected chi connectivity index (χ3v) is 4.56. The van der Waals surface area contributed by atoms with E-state index in [4.69, 9.17) is 4.74 Å². The normalized spacial score (nSPS) is 19.7. The lowest BCUT2D eigenvalue weighted by atomic mass is 10.2. The molecule has 0 saturated heterocycles. The maximum absolute atomic E-state index is 12.3. The van der Waals surface area contributed by atoms with Crippen molar-refractivity contribution in [3.05, 3.63) is 45.9 Å². The summed E-state index contributed by atoms with van der Waals surface area (Å²) >= 11 is 4.60. The summed E-state index contributed by atoms with van der Waals surface area (Å²) in [4.78, 5) is 6.77. The molecule has 0 saturated carbocycles. The molecule has 0 amide bonds. The van der Waals surface area contributed by atoms with Gasteiger partial charge in [0, 0.05) is 16.4 Å². The van der Waals surface area contributed by atoms with Gasteiger partial charge in [-0.05, 0) is 46.3 Å². The molecule has 2 aliphatic rings. The van der Waals surface area contributed by atoms with Crippen LogP contribution in [0.15, 0.2) is 50.9 Å². The van der Waals surface area contributed by atoms with Crippen LogP contribution in [0.5, 0.6) is 5.75 Å². The molecule has 0 radical (unpaired) electrons. The Bertz CT molecular complexity index is 725. The van der Waals surface area contributed by atoms with Crippen molar-refractivity contribution in [3.63, 3.8) is 0 Å². The zero-order chi connectivity index (χ0) is 18.0. The van der Waals surface area contributed by atoms with Crippen molar-refractivity contribution >= 4 is 39.2 Å². The van der Waals surface area contributed by atoms with Crippen molar-refractivity contribution < 1.29 is 27.0 Å². The maximum atomic E-state index is 12.3. The number of benzene rings is 1. The van der Waals surface area contributed by atoms with E-state index < -0.39 is 25.2 Å². The summed E-state index contributed by atoms with van der Waals surface area (Å²) in [5, 5.41) is 0. The van der Waals surface area contributed by atoms with E-state index in [-0.39, 0.29) is 5.75 Å². The molecule has 134 valence electrons. The predicted molar refractivity (Wildman–Crippen MR) is 91.4 cm³/mol. The molecule has 25 heavy (non-hydrogen) atoms. The number of nitrogens with zero attached hydrogens (tertiary/aromatic N) is 2. The minimum atomic E-state index is -2.90. The highest BCUT2D eigenvalue weighted by Gasteiger charge is 2.31. The second-order valence-corrected chi connectivity index (χ2v) is 6.86. The van der Waals surface area contributed by atoms with Gasteiger partial charge < -0.3 is 9.47 Å². The average molecular weight is 439 g/mol. The first-order valence-electron chi connectivity index (χ1n) is 7.00. The lowest BCUT2D eigenvalue weighted by Crippen LogP contribution is -2.27. The number of ether oxygens (including phenoxy) is 2. The molecule has 0 fully saturated rings. The average Bonchev–Trinajstić information content (AvgIpc) is 2.95. The summed E-state index contributed by atoms with van der Waals surface area (Å²) < 4.78 is 59.2. The van der Waals surface area contributed by atoms with Crippen LogP contribution in [-0.4, -0.2) is 31.0 Å². The van der Waals surface area contributed by atoms with E-state index in [2.05, 4.69) is 25.7 Å². The van der Waals surface area contributed by atoms with Gasteiger partial charge in [0.1, 0.15) is 18.2 Å². The smallest absolute Gasteiger partial charge is 0.387 e. The summed E-state index contributed by atoms with van der Waals surface area (Å²) in [7, 11) is 0. The van der Waals surface area contributed by atoms with E-state index in [0.717, 1.165) is 9.39 Å². The molecule has 0 bridgehead atoms. The highest BCUT2D eigenvalue weighted by Crippen LogP contribution is 2.39. The summed E-state index contributed by atoms with van der Waals surface area (Å²) in [6.07, 6.45) is 0.974. The number of allylic oxidation sites excluding steroid dienone is 2. The largest absolute Gasteiger partial charge is 0.435 e. The second kappa shape index (κ2) is 7.79. The number of rotatable bonds is 6. The Morgan fingerprint density at radius 1 is 1.20 bits per heavy atom. The van der Waals surface area contributed by atoms with E-state index in [1.807, 2.05) is 0 Å². The van der Waals surface area contributed by atoms with Crippen molar-refractivity contribution in [3.8, 4) is 5.75 Å². The van der Waals surface area contributed by atoms with Gasteiger partial charge >= 0.3 is 6.61 Å². The van der Waals surface area contributed by atoms with Gasteiger partial charge in [0.15, 0.2) is 0 Å². The number of thioether (sulfide) groups is 1. The number of fused-ring (bicyclic) bond motifs is 1. The predicted octanol–water partition coefficient (Wildman–Crippen LogP) is 4.94. The minimum absolute atomic E-state index is 0.0375. The van der Waals surface area contributed by atoms with Crippen LogP contribution in [-0.2, 0) is 4.74 Å². The van der Waals surface area contributed by atoms with Crippen LogP contribution in [0.2, 0.25) is 0 Å². The highest BCUT2D eigenvalue weighted by atomic mass is 79.9. The van der Waals surface area contributed by atoms with Crippen molar-refractivity contribution in [2.45, 2.75) is 18.6 Å². The molecule has 0 spiro atoms.